The third kappa shape index (κ3) is 5.04. The maximum Gasteiger partial charge on any atom is 0.344 e. The Morgan fingerprint density at radius 1 is 1.16 bits per heavy atom. The van der Waals surface area contributed by atoms with Gasteiger partial charge in [0.2, 0.25) is 0 Å². The minimum atomic E-state index is -1.25. The number of likely N-dealkylation sites (N-methyl/N-ethyl adjacent to an activating group) is 1. The summed E-state index contributed by atoms with van der Waals surface area (Å²) in [5.41, 5.74) is 0.622. The van der Waals surface area contributed by atoms with Gasteiger partial charge in [0.05, 0.1) is 16.2 Å². The van der Waals surface area contributed by atoms with E-state index in [2.05, 4.69) is 4.99 Å². The van der Waals surface area contributed by atoms with Crippen LogP contribution in [0.25, 0.3) is 6.08 Å². The Morgan fingerprint density at radius 2 is 1.84 bits per heavy atom. The molecule has 31 heavy (non-hydrogen) atoms. The van der Waals surface area contributed by atoms with Crippen molar-refractivity contribution in [3.8, 4) is 11.5 Å². The number of carbonyl (C=O) groups excluding carboxylic acids is 1. The highest BCUT2D eigenvalue weighted by molar-refractivity contribution is 8.18. The summed E-state index contributed by atoms with van der Waals surface area (Å²) in [6, 6.07) is 10.3. The molecule has 0 spiro atoms. The Balaban J connectivity index is 1.83. The van der Waals surface area contributed by atoms with E-state index in [1.807, 2.05) is 0 Å². The Morgan fingerprint density at radius 3 is 2.45 bits per heavy atom. The fourth-order valence-electron chi connectivity index (χ4n) is 2.60. The SMILES string of the molecule is CC(Oc1ccc(/C=C2\SC(=Nc3ccc(O)cc3C(=O)O)N(C)C2=O)cc1)C(=O)O. The molecule has 0 radical (unpaired) electrons. The van der Waals surface area contributed by atoms with E-state index in [1.54, 1.807) is 30.3 Å². The molecular weight excluding hydrogens is 424 g/mol. The molecule has 9 nitrogen and oxygen atoms in total. The molecule has 0 saturated carbocycles. The largest absolute Gasteiger partial charge is 0.508 e. The van der Waals surface area contributed by atoms with Crippen molar-refractivity contribution in [1.82, 2.24) is 4.90 Å². The van der Waals surface area contributed by atoms with Gasteiger partial charge >= 0.3 is 11.9 Å². The van der Waals surface area contributed by atoms with Crippen LogP contribution in [0.3, 0.4) is 0 Å². The van der Waals surface area contributed by atoms with Gasteiger partial charge in [-0.2, -0.15) is 0 Å². The third-order valence-corrected chi connectivity index (χ3v) is 5.33. The maximum absolute atomic E-state index is 12.6. The normalized spacial score (nSPS) is 17.2. The Kier molecular flexibility index (Phi) is 6.30. The molecule has 10 heteroatoms. The number of carbonyl (C=O) groups is 3. The Bertz CT molecular complexity index is 1110. The number of aromatic carboxylic acids is 1. The summed E-state index contributed by atoms with van der Waals surface area (Å²) in [6.45, 7) is 1.42. The summed E-state index contributed by atoms with van der Waals surface area (Å²) in [5.74, 6) is -2.44. The van der Waals surface area contributed by atoms with E-state index >= 15 is 0 Å². The maximum atomic E-state index is 12.6. The second-order valence-electron chi connectivity index (χ2n) is 6.54. The Hall–Kier alpha value is -3.79. The van der Waals surface area contributed by atoms with Gasteiger partial charge in [-0.1, -0.05) is 12.1 Å². The minimum Gasteiger partial charge on any atom is -0.508 e. The molecule has 1 heterocycles. The van der Waals surface area contributed by atoms with E-state index in [9.17, 15) is 24.6 Å². The number of hydrogen-bond acceptors (Lipinski definition) is 7. The predicted octanol–water partition coefficient (Wildman–Crippen LogP) is 3.18. The average Bonchev–Trinajstić information content (AvgIpc) is 2.98. The van der Waals surface area contributed by atoms with Crippen LogP contribution in [0.15, 0.2) is 52.4 Å². The van der Waals surface area contributed by atoms with Crippen molar-refractivity contribution in [1.29, 1.82) is 0 Å². The quantitative estimate of drug-likeness (QED) is 0.580. The summed E-state index contributed by atoms with van der Waals surface area (Å²) < 4.78 is 5.28. The van der Waals surface area contributed by atoms with Gasteiger partial charge < -0.3 is 20.1 Å². The highest BCUT2D eigenvalue weighted by Gasteiger charge is 2.30. The summed E-state index contributed by atoms with van der Waals surface area (Å²) in [4.78, 5) is 40.8. The van der Waals surface area contributed by atoms with Gasteiger partial charge in [-0.3, -0.25) is 9.69 Å². The summed E-state index contributed by atoms with van der Waals surface area (Å²) in [6.07, 6.45) is 0.657. The number of carboxylic acids is 2. The first-order valence-electron chi connectivity index (χ1n) is 8.98. The monoisotopic (exact) mass is 442 g/mol. The van der Waals surface area contributed by atoms with Crippen LogP contribution in [0.2, 0.25) is 0 Å². The number of nitrogens with zero attached hydrogens (tertiary/aromatic N) is 2. The predicted molar refractivity (Wildman–Crippen MR) is 115 cm³/mol. The molecule has 3 N–H and O–H groups in total. The smallest absolute Gasteiger partial charge is 0.344 e. The number of rotatable bonds is 6. The number of amides is 1. The number of phenols is 1. The number of aliphatic carboxylic acids is 1. The van der Waals surface area contributed by atoms with Crippen molar-refractivity contribution < 1.29 is 34.4 Å². The van der Waals surface area contributed by atoms with Crippen LogP contribution in [0.5, 0.6) is 11.5 Å². The fraction of sp³-hybridized carbons (Fsp3) is 0.143. The third-order valence-electron chi connectivity index (χ3n) is 4.27. The average molecular weight is 442 g/mol. The lowest BCUT2D eigenvalue weighted by Gasteiger charge is -2.10. The lowest BCUT2D eigenvalue weighted by atomic mass is 10.2. The van der Waals surface area contributed by atoms with Crippen LogP contribution in [0.1, 0.15) is 22.8 Å². The van der Waals surface area contributed by atoms with Crippen LogP contribution in [-0.2, 0) is 9.59 Å². The van der Waals surface area contributed by atoms with Crippen LogP contribution in [-0.4, -0.2) is 56.4 Å². The number of benzene rings is 2. The first-order valence-corrected chi connectivity index (χ1v) is 9.79. The lowest BCUT2D eigenvalue weighted by Crippen LogP contribution is -2.23. The van der Waals surface area contributed by atoms with Gasteiger partial charge in [-0.05, 0) is 60.7 Å². The Labute approximate surface area is 181 Å². The molecule has 1 aliphatic heterocycles. The molecular formula is C21H18N2O7S. The van der Waals surface area contributed by atoms with Gasteiger partial charge in [-0.25, -0.2) is 14.6 Å². The summed E-state index contributed by atoms with van der Waals surface area (Å²) >= 11 is 1.08. The zero-order chi connectivity index (χ0) is 22.7. The standard InChI is InChI=1S/C21H18N2O7S/c1-11(19(26)27)30-14-6-3-12(4-7-14)9-17-18(25)23(2)21(31-17)22-16-8-5-13(24)10-15(16)20(28)29/h3-11,24H,1-2H3,(H,26,27)(H,28,29)/b17-9-,22-21?. The van der Waals surface area contributed by atoms with E-state index in [4.69, 9.17) is 9.84 Å². The second kappa shape index (κ2) is 8.92. The van der Waals surface area contributed by atoms with E-state index in [1.165, 1.54) is 31.0 Å². The van der Waals surface area contributed by atoms with E-state index in [0.717, 1.165) is 17.8 Å². The molecule has 2 aromatic carbocycles. The van der Waals surface area contributed by atoms with Gasteiger partial charge in [0.1, 0.15) is 11.5 Å². The summed E-state index contributed by atoms with van der Waals surface area (Å²) in [7, 11) is 1.53. The van der Waals surface area contributed by atoms with E-state index < -0.39 is 18.0 Å². The number of ether oxygens (including phenoxy) is 1. The molecule has 1 saturated heterocycles. The van der Waals surface area contributed by atoms with E-state index in [0.29, 0.717) is 21.4 Å². The molecule has 1 atom stereocenters. The number of thioether (sulfide) groups is 1. The highest BCUT2D eigenvalue weighted by atomic mass is 32.2. The topological polar surface area (TPSA) is 137 Å². The highest BCUT2D eigenvalue weighted by Crippen LogP contribution is 2.34. The molecule has 160 valence electrons. The lowest BCUT2D eigenvalue weighted by molar-refractivity contribution is -0.144. The number of aromatic hydroxyl groups is 1. The molecule has 1 unspecified atom stereocenters. The summed E-state index contributed by atoms with van der Waals surface area (Å²) in [5, 5.41) is 28.0. The van der Waals surface area contributed by atoms with Crippen LogP contribution < -0.4 is 4.74 Å². The van der Waals surface area contributed by atoms with Crippen LogP contribution >= 0.6 is 11.8 Å². The number of carboxylic acid groups (broad SMARTS) is 2. The van der Waals surface area contributed by atoms with Crippen molar-refractivity contribution in [3.63, 3.8) is 0 Å². The van der Waals surface area contributed by atoms with Crippen molar-refractivity contribution in [2.45, 2.75) is 13.0 Å². The van der Waals surface area contributed by atoms with Crippen molar-refractivity contribution in [2.24, 2.45) is 4.99 Å². The minimum absolute atomic E-state index is 0.114. The van der Waals surface area contributed by atoms with Crippen molar-refractivity contribution in [2.75, 3.05) is 7.05 Å². The fourth-order valence-corrected chi connectivity index (χ4v) is 3.58. The first kappa shape index (κ1) is 21.9. The number of hydrogen-bond donors (Lipinski definition) is 3. The van der Waals surface area contributed by atoms with Gasteiger partial charge in [0, 0.05) is 7.05 Å². The number of phenolic OH excluding ortho intramolecular Hbond substituents is 1. The zero-order valence-corrected chi connectivity index (χ0v) is 17.3. The van der Waals surface area contributed by atoms with Crippen LogP contribution in [0, 0.1) is 0 Å². The number of aliphatic imine (C=N–C) groups is 1. The zero-order valence-electron chi connectivity index (χ0n) is 16.5. The first-order chi connectivity index (χ1) is 14.7. The van der Waals surface area contributed by atoms with Gasteiger partial charge in [0.15, 0.2) is 11.3 Å². The number of amidine groups is 1. The van der Waals surface area contributed by atoms with Crippen molar-refractivity contribution >= 4 is 46.5 Å². The van der Waals surface area contributed by atoms with Crippen LogP contribution in [0.4, 0.5) is 5.69 Å². The second-order valence-corrected chi connectivity index (χ2v) is 7.55. The molecule has 2 aromatic rings. The molecule has 1 fully saturated rings. The molecule has 1 amide bonds. The van der Waals surface area contributed by atoms with E-state index in [-0.39, 0.29) is 22.9 Å². The molecule has 0 bridgehead atoms. The van der Waals surface area contributed by atoms with Gasteiger partial charge in [0.25, 0.3) is 5.91 Å². The molecule has 1 aliphatic rings. The molecule has 0 aliphatic carbocycles. The van der Waals surface area contributed by atoms with Crippen molar-refractivity contribution in [3.05, 3.63) is 58.5 Å². The molecule has 3 rings (SSSR count). The van der Waals surface area contributed by atoms with Gasteiger partial charge in [-0.15, -0.1) is 0 Å². The molecule has 0 aromatic heterocycles.